The number of pyridine rings is 1. The summed E-state index contributed by atoms with van der Waals surface area (Å²) in [6.07, 6.45) is 6.23. The van der Waals surface area contributed by atoms with Crippen molar-refractivity contribution in [2.24, 2.45) is 11.8 Å². The third-order valence-electron chi connectivity index (χ3n) is 8.46. The van der Waals surface area contributed by atoms with E-state index in [2.05, 4.69) is 25.8 Å². The maximum Gasteiger partial charge on any atom is 0.351 e. The molecule has 0 saturated carbocycles. The number of piperidine rings is 3. The summed E-state index contributed by atoms with van der Waals surface area (Å²) >= 11 is 4.75. The van der Waals surface area contributed by atoms with Crippen LogP contribution in [0.25, 0.3) is 0 Å². The summed E-state index contributed by atoms with van der Waals surface area (Å²) in [5, 5.41) is 1.82. The summed E-state index contributed by atoms with van der Waals surface area (Å²) in [5.41, 5.74) is 6.95. The number of methoxy groups -OCH3 is 1. The number of hydrogen-bond acceptors (Lipinski definition) is 9. The molecule has 2 aromatic heterocycles. The number of nitrogens with two attached hydrogens (primary N) is 1. The molecule has 5 rings (SSSR count). The number of hydrogen-bond donors (Lipinski definition) is 1. The van der Waals surface area contributed by atoms with E-state index < -0.39 is 5.97 Å². The van der Waals surface area contributed by atoms with Crippen LogP contribution in [0.2, 0.25) is 0 Å². The SMILES string of the molecule is COC(=O)c1scc(Br)c1OC1CCN(C(=O)C2CCN(C(=O)C3CCN(Cc4ccnc(N)c4)CC3)CC2)CC1. The van der Waals surface area contributed by atoms with Gasteiger partial charge in [-0.2, -0.15) is 0 Å². The largest absolute Gasteiger partial charge is 0.487 e. The molecule has 0 radical (unpaired) electrons. The molecule has 0 aromatic carbocycles. The number of nitrogen functional groups attached to an aromatic ring is 1. The number of esters is 1. The first-order valence-corrected chi connectivity index (χ1v) is 16.0. The molecule has 222 valence electrons. The van der Waals surface area contributed by atoms with Gasteiger partial charge in [-0.25, -0.2) is 9.78 Å². The molecule has 12 heteroatoms. The zero-order valence-corrected chi connectivity index (χ0v) is 25.8. The Balaban J connectivity index is 1.03. The normalized spacial score (nSPS) is 19.8. The van der Waals surface area contributed by atoms with E-state index in [0.29, 0.717) is 68.3 Å². The highest BCUT2D eigenvalue weighted by atomic mass is 79.9. The molecule has 2 N–H and O–H groups in total. The van der Waals surface area contributed by atoms with E-state index in [-0.39, 0.29) is 29.8 Å². The van der Waals surface area contributed by atoms with Crippen LogP contribution in [0, 0.1) is 11.8 Å². The van der Waals surface area contributed by atoms with Gasteiger partial charge in [0.25, 0.3) is 0 Å². The van der Waals surface area contributed by atoms with E-state index in [1.54, 1.807) is 6.20 Å². The summed E-state index contributed by atoms with van der Waals surface area (Å²) in [7, 11) is 1.36. The molecular weight excluding hydrogens is 610 g/mol. The summed E-state index contributed by atoms with van der Waals surface area (Å²) < 4.78 is 11.8. The summed E-state index contributed by atoms with van der Waals surface area (Å²) in [6, 6.07) is 3.90. The monoisotopic (exact) mass is 647 g/mol. The molecule has 0 spiro atoms. The van der Waals surface area contributed by atoms with Crippen LogP contribution in [0.4, 0.5) is 5.82 Å². The zero-order valence-electron chi connectivity index (χ0n) is 23.4. The van der Waals surface area contributed by atoms with Crippen LogP contribution in [0.15, 0.2) is 28.2 Å². The molecule has 3 aliphatic rings. The molecule has 2 aromatic rings. The van der Waals surface area contributed by atoms with Gasteiger partial charge < -0.3 is 25.0 Å². The average molecular weight is 649 g/mol. The lowest BCUT2D eigenvalue weighted by atomic mass is 9.91. The Morgan fingerprint density at radius 2 is 1.56 bits per heavy atom. The molecule has 0 atom stereocenters. The lowest BCUT2D eigenvalue weighted by Crippen LogP contribution is -2.49. The number of anilines is 1. The van der Waals surface area contributed by atoms with Crippen LogP contribution >= 0.6 is 27.3 Å². The first-order chi connectivity index (χ1) is 19.8. The van der Waals surface area contributed by atoms with Crippen molar-refractivity contribution >= 4 is 50.9 Å². The first-order valence-electron chi connectivity index (χ1n) is 14.3. The topological polar surface area (TPSA) is 118 Å². The lowest BCUT2D eigenvalue weighted by molar-refractivity contribution is -0.144. The number of carbonyl (C=O) groups is 3. The molecule has 2 amide bonds. The fourth-order valence-corrected chi connectivity index (χ4v) is 7.56. The van der Waals surface area contributed by atoms with E-state index in [1.165, 1.54) is 18.4 Å². The molecule has 0 unspecified atom stereocenters. The van der Waals surface area contributed by atoms with Crippen molar-refractivity contribution in [3.63, 3.8) is 0 Å². The standard InChI is InChI=1S/C29H38BrN5O5S/c1-39-29(38)26-25(23(30)18-41-26)40-22-7-14-35(15-8-22)28(37)21-5-12-34(13-6-21)27(36)20-3-10-33(11-4-20)17-19-2-9-32-24(31)16-19/h2,9,16,18,20-22H,3-8,10-15,17H2,1H3,(H2,31,32). The smallest absolute Gasteiger partial charge is 0.351 e. The highest BCUT2D eigenvalue weighted by molar-refractivity contribution is 9.10. The highest BCUT2D eigenvalue weighted by Gasteiger charge is 2.35. The minimum atomic E-state index is -0.411. The van der Waals surface area contributed by atoms with Gasteiger partial charge in [0, 0.05) is 69.0 Å². The minimum Gasteiger partial charge on any atom is -0.487 e. The number of carbonyl (C=O) groups excluding carboxylic acids is 3. The van der Waals surface area contributed by atoms with Crippen molar-refractivity contribution in [1.29, 1.82) is 0 Å². The second-order valence-electron chi connectivity index (χ2n) is 11.1. The quantitative estimate of drug-likeness (QED) is 0.451. The fourth-order valence-electron chi connectivity index (χ4n) is 6.08. The number of aromatic nitrogens is 1. The Kier molecular flexibility index (Phi) is 9.82. The minimum absolute atomic E-state index is 0.0388. The van der Waals surface area contributed by atoms with Crippen LogP contribution < -0.4 is 10.5 Å². The average Bonchev–Trinajstić information content (AvgIpc) is 3.36. The molecule has 0 bridgehead atoms. The molecule has 10 nitrogen and oxygen atoms in total. The molecule has 3 saturated heterocycles. The van der Waals surface area contributed by atoms with Gasteiger partial charge in [0.15, 0.2) is 10.6 Å². The van der Waals surface area contributed by atoms with Crippen LogP contribution in [0.5, 0.6) is 5.75 Å². The van der Waals surface area contributed by atoms with Crippen LogP contribution in [-0.4, -0.2) is 89.9 Å². The number of thiophene rings is 1. The second kappa shape index (κ2) is 13.5. The Morgan fingerprint density at radius 3 is 2.15 bits per heavy atom. The number of amides is 2. The Morgan fingerprint density at radius 1 is 0.976 bits per heavy atom. The van der Waals surface area contributed by atoms with Crippen molar-refractivity contribution < 1.29 is 23.9 Å². The summed E-state index contributed by atoms with van der Waals surface area (Å²) in [6.45, 7) is 5.15. The third-order valence-corrected chi connectivity index (χ3v) is 10.3. The summed E-state index contributed by atoms with van der Waals surface area (Å²) in [5.74, 6) is 1.09. The Bertz CT molecular complexity index is 1230. The van der Waals surface area contributed by atoms with Crippen molar-refractivity contribution in [1.82, 2.24) is 19.7 Å². The number of ether oxygens (including phenoxy) is 2. The predicted molar refractivity (Wildman–Crippen MR) is 160 cm³/mol. The predicted octanol–water partition coefficient (Wildman–Crippen LogP) is 3.80. The first kappa shape index (κ1) is 29.8. The third kappa shape index (κ3) is 7.21. The molecule has 3 fully saturated rings. The number of likely N-dealkylation sites (tertiary alicyclic amines) is 3. The van der Waals surface area contributed by atoms with Gasteiger partial charge in [-0.05, 0) is 72.4 Å². The van der Waals surface area contributed by atoms with Gasteiger partial charge >= 0.3 is 5.97 Å². The van der Waals surface area contributed by atoms with E-state index in [1.807, 2.05) is 27.3 Å². The van der Waals surface area contributed by atoms with Gasteiger partial charge in [-0.1, -0.05) is 0 Å². The van der Waals surface area contributed by atoms with Crippen LogP contribution in [0.1, 0.15) is 53.8 Å². The zero-order chi connectivity index (χ0) is 28.9. The van der Waals surface area contributed by atoms with E-state index >= 15 is 0 Å². The number of rotatable bonds is 7. The van der Waals surface area contributed by atoms with Gasteiger partial charge in [-0.3, -0.25) is 14.5 Å². The highest BCUT2D eigenvalue weighted by Crippen LogP contribution is 2.37. The molecule has 5 heterocycles. The van der Waals surface area contributed by atoms with Crippen molar-refractivity contribution in [3.05, 3.63) is 38.6 Å². The fraction of sp³-hybridized carbons (Fsp3) is 0.586. The number of nitrogens with zero attached hydrogens (tertiary/aromatic N) is 4. The maximum atomic E-state index is 13.3. The Hall–Kier alpha value is -2.70. The molecule has 3 aliphatic heterocycles. The van der Waals surface area contributed by atoms with Crippen molar-refractivity contribution in [2.45, 2.75) is 51.2 Å². The molecular formula is C29H38BrN5O5S. The maximum absolute atomic E-state index is 13.3. The van der Waals surface area contributed by atoms with Gasteiger partial charge in [0.05, 0.1) is 11.6 Å². The number of halogens is 1. The van der Waals surface area contributed by atoms with Gasteiger partial charge in [0.1, 0.15) is 11.9 Å². The van der Waals surface area contributed by atoms with E-state index in [9.17, 15) is 14.4 Å². The lowest BCUT2D eigenvalue weighted by Gasteiger charge is -2.39. The van der Waals surface area contributed by atoms with Crippen molar-refractivity contribution in [2.75, 3.05) is 52.1 Å². The second-order valence-corrected chi connectivity index (χ2v) is 12.8. The van der Waals surface area contributed by atoms with Gasteiger partial charge in [0.2, 0.25) is 11.8 Å². The van der Waals surface area contributed by atoms with Crippen LogP contribution in [0.3, 0.4) is 0 Å². The van der Waals surface area contributed by atoms with E-state index in [0.717, 1.165) is 42.5 Å². The Labute approximate surface area is 253 Å². The molecule has 41 heavy (non-hydrogen) atoms. The van der Waals surface area contributed by atoms with Gasteiger partial charge in [-0.15, -0.1) is 11.3 Å². The van der Waals surface area contributed by atoms with Crippen LogP contribution in [-0.2, 0) is 20.9 Å². The van der Waals surface area contributed by atoms with E-state index in [4.69, 9.17) is 15.2 Å². The summed E-state index contributed by atoms with van der Waals surface area (Å²) in [4.78, 5) is 49.4. The molecule has 0 aliphatic carbocycles. The van der Waals surface area contributed by atoms with Crippen molar-refractivity contribution in [3.8, 4) is 5.75 Å².